The highest BCUT2D eigenvalue weighted by Gasteiger charge is 2.11. The van der Waals surface area contributed by atoms with Crippen LogP contribution in [-0.4, -0.2) is 11.5 Å². The van der Waals surface area contributed by atoms with Crippen LogP contribution in [0, 0.1) is 19.3 Å². The van der Waals surface area contributed by atoms with Crippen molar-refractivity contribution in [1.29, 1.82) is 0 Å². The lowest BCUT2D eigenvalue weighted by atomic mass is 9.97. The van der Waals surface area contributed by atoms with E-state index in [0.717, 1.165) is 17.4 Å². The van der Waals surface area contributed by atoms with Crippen molar-refractivity contribution in [2.75, 3.05) is 11.9 Å². The number of thiazole rings is 1. The second-order valence-electron chi connectivity index (χ2n) is 4.57. The summed E-state index contributed by atoms with van der Waals surface area (Å²) in [5.41, 5.74) is 1.45. The van der Waals surface area contributed by atoms with Crippen LogP contribution in [0.5, 0.6) is 0 Å². The molecule has 0 aliphatic heterocycles. The van der Waals surface area contributed by atoms with Crippen molar-refractivity contribution < 1.29 is 0 Å². The fourth-order valence-corrected chi connectivity index (χ4v) is 1.70. The molecule has 0 aliphatic carbocycles. The fraction of sp³-hybridized carbons (Fsp3) is 0.700. The summed E-state index contributed by atoms with van der Waals surface area (Å²) >= 11 is 1.73. The maximum absolute atomic E-state index is 4.42. The summed E-state index contributed by atoms with van der Waals surface area (Å²) < 4.78 is 0. The summed E-state index contributed by atoms with van der Waals surface area (Å²) in [6.45, 7) is 11.8. The van der Waals surface area contributed by atoms with Gasteiger partial charge < -0.3 is 5.32 Å². The van der Waals surface area contributed by atoms with Crippen LogP contribution in [0.4, 0.5) is 5.13 Å². The van der Waals surface area contributed by atoms with Crippen molar-refractivity contribution in [3.63, 3.8) is 0 Å². The average Bonchev–Trinajstić information content (AvgIpc) is 2.27. The lowest BCUT2D eigenvalue weighted by molar-refractivity contribution is 0.443. The van der Waals surface area contributed by atoms with E-state index in [9.17, 15) is 0 Å². The zero-order valence-corrected chi connectivity index (χ0v) is 9.88. The molecule has 0 aromatic carbocycles. The molecule has 3 heteroatoms. The van der Waals surface area contributed by atoms with Crippen molar-refractivity contribution in [3.05, 3.63) is 10.6 Å². The van der Waals surface area contributed by atoms with E-state index >= 15 is 0 Å². The van der Waals surface area contributed by atoms with E-state index in [-0.39, 0.29) is 0 Å². The molecular formula is C10H18N2S. The van der Waals surface area contributed by atoms with E-state index in [1.54, 1.807) is 11.3 Å². The first kappa shape index (κ1) is 10.5. The van der Waals surface area contributed by atoms with E-state index in [1.807, 2.05) is 6.92 Å². The normalized spacial score (nSPS) is 11.8. The van der Waals surface area contributed by atoms with Crippen LogP contribution < -0.4 is 5.32 Å². The van der Waals surface area contributed by atoms with Crippen molar-refractivity contribution in [3.8, 4) is 0 Å². The number of hydrogen-bond donors (Lipinski definition) is 1. The summed E-state index contributed by atoms with van der Waals surface area (Å²) in [7, 11) is 0. The molecule has 13 heavy (non-hydrogen) atoms. The summed E-state index contributed by atoms with van der Waals surface area (Å²) in [6, 6.07) is 0. The number of aromatic nitrogens is 1. The number of rotatable bonds is 2. The summed E-state index contributed by atoms with van der Waals surface area (Å²) in [6.07, 6.45) is 0. The van der Waals surface area contributed by atoms with Gasteiger partial charge in [0, 0.05) is 11.4 Å². The summed E-state index contributed by atoms with van der Waals surface area (Å²) in [4.78, 5) is 5.72. The van der Waals surface area contributed by atoms with Crippen molar-refractivity contribution in [1.82, 2.24) is 4.98 Å². The molecule has 0 amide bonds. The molecule has 1 aromatic heterocycles. The van der Waals surface area contributed by atoms with Crippen LogP contribution in [0.2, 0.25) is 0 Å². The molecule has 0 saturated heterocycles. The van der Waals surface area contributed by atoms with Gasteiger partial charge in [-0.2, -0.15) is 0 Å². The first-order valence-electron chi connectivity index (χ1n) is 4.56. The van der Waals surface area contributed by atoms with Crippen LogP contribution in [0.15, 0.2) is 0 Å². The van der Waals surface area contributed by atoms with Gasteiger partial charge >= 0.3 is 0 Å². The number of nitrogens with one attached hydrogen (secondary N) is 1. The lowest BCUT2D eigenvalue weighted by Gasteiger charge is -2.17. The second-order valence-corrected chi connectivity index (χ2v) is 5.78. The molecule has 0 fully saturated rings. The van der Waals surface area contributed by atoms with Crippen LogP contribution in [-0.2, 0) is 0 Å². The second kappa shape index (κ2) is 3.66. The molecule has 1 N–H and O–H groups in total. The number of hydrogen-bond acceptors (Lipinski definition) is 3. The number of aryl methyl sites for hydroxylation is 2. The Hall–Kier alpha value is -0.570. The maximum Gasteiger partial charge on any atom is 0.183 e. The van der Waals surface area contributed by atoms with Gasteiger partial charge in [0.05, 0.1) is 5.69 Å². The topological polar surface area (TPSA) is 24.9 Å². The molecule has 0 radical (unpaired) electrons. The predicted octanol–water partition coefficient (Wildman–Crippen LogP) is 3.22. The molecule has 2 nitrogen and oxygen atoms in total. The molecule has 0 atom stereocenters. The predicted molar refractivity (Wildman–Crippen MR) is 59.5 cm³/mol. The molecule has 0 bridgehead atoms. The Balaban J connectivity index is 2.56. The van der Waals surface area contributed by atoms with Gasteiger partial charge in [0.2, 0.25) is 0 Å². The highest BCUT2D eigenvalue weighted by atomic mass is 32.1. The SMILES string of the molecule is Cc1nc(NCC(C)(C)C)sc1C. The van der Waals surface area contributed by atoms with Gasteiger partial charge in [-0.1, -0.05) is 20.8 Å². The molecule has 0 aliphatic rings. The largest absolute Gasteiger partial charge is 0.361 e. The van der Waals surface area contributed by atoms with Gasteiger partial charge in [0.25, 0.3) is 0 Å². The Labute approximate surface area is 84.4 Å². The Bertz CT molecular complexity index is 264. The van der Waals surface area contributed by atoms with E-state index in [1.165, 1.54) is 4.88 Å². The smallest absolute Gasteiger partial charge is 0.183 e. The zero-order chi connectivity index (χ0) is 10.1. The third-order valence-corrected chi connectivity index (χ3v) is 2.83. The Kier molecular flexibility index (Phi) is 2.96. The van der Waals surface area contributed by atoms with E-state index < -0.39 is 0 Å². The average molecular weight is 198 g/mol. The molecule has 1 heterocycles. The monoisotopic (exact) mass is 198 g/mol. The first-order chi connectivity index (χ1) is 5.88. The minimum atomic E-state index is 0.313. The van der Waals surface area contributed by atoms with Crippen molar-refractivity contribution in [2.45, 2.75) is 34.6 Å². The van der Waals surface area contributed by atoms with Crippen LogP contribution >= 0.6 is 11.3 Å². The highest BCUT2D eigenvalue weighted by Crippen LogP contribution is 2.22. The van der Waals surface area contributed by atoms with Gasteiger partial charge in [0.1, 0.15) is 0 Å². The summed E-state index contributed by atoms with van der Waals surface area (Å²) in [5, 5.41) is 4.40. The fourth-order valence-electron chi connectivity index (χ4n) is 0.889. The molecule has 0 saturated carbocycles. The zero-order valence-electron chi connectivity index (χ0n) is 9.06. The molecule has 0 unspecified atom stereocenters. The van der Waals surface area contributed by atoms with E-state index in [0.29, 0.717) is 5.41 Å². The molecular weight excluding hydrogens is 180 g/mol. The minimum absolute atomic E-state index is 0.313. The highest BCUT2D eigenvalue weighted by molar-refractivity contribution is 7.15. The van der Waals surface area contributed by atoms with Gasteiger partial charge in [-0.15, -0.1) is 11.3 Å². The van der Waals surface area contributed by atoms with Crippen LogP contribution in [0.1, 0.15) is 31.3 Å². The van der Waals surface area contributed by atoms with Crippen molar-refractivity contribution in [2.24, 2.45) is 5.41 Å². The standard InChI is InChI=1S/C10H18N2S/c1-7-8(2)13-9(12-7)11-6-10(3,4)5/h6H2,1-5H3,(H,11,12). The first-order valence-corrected chi connectivity index (χ1v) is 5.38. The third kappa shape index (κ3) is 3.35. The lowest BCUT2D eigenvalue weighted by Crippen LogP contribution is -2.18. The molecule has 74 valence electrons. The van der Waals surface area contributed by atoms with Gasteiger partial charge in [-0.25, -0.2) is 4.98 Å². The molecule has 0 spiro atoms. The maximum atomic E-state index is 4.42. The number of anilines is 1. The Morgan fingerprint density at radius 2 is 1.92 bits per heavy atom. The quantitative estimate of drug-likeness (QED) is 0.789. The third-order valence-electron chi connectivity index (χ3n) is 1.80. The van der Waals surface area contributed by atoms with E-state index in [2.05, 4.69) is 38.0 Å². The minimum Gasteiger partial charge on any atom is -0.361 e. The molecule has 1 rings (SSSR count). The number of nitrogens with zero attached hydrogens (tertiary/aromatic N) is 1. The van der Waals surface area contributed by atoms with Gasteiger partial charge in [-0.05, 0) is 19.3 Å². The Morgan fingerprint density at radius 1 is 1.31 bits per heavy atom. The van der Waals surface area contributed by atoms with Gasteiger partial charge in [-0.3, -0.25) is 0 Å². The van der Waals surface area contributed by atoms with E-state index in [4.69, 9.17) is 0 Å². The molecule has 1 aromatic rings. The summed E-state index contributed by atoms with van der Waals surface area (Å²) in [5.74, 6) is 0. The van der Waals surface area contributed by atoms with Crippen LogP contribution in [0.25, 0.3) is 0 Å². The van der Waals surface area contributed by atoms with Crippen molar-refractivity contribution >= 4 is 16.5 Å². The Morgan fingerprint density at radius 3 is 2.31 bits per heavy atom. The van der Waals surface area contributed by atoms with Crippen LogP contribution in [0.3, 0.4) is 0 Å². The van der Waals surface area contributed by atoms with Gasteiger partial charge in [0.15, 0.2) is 5.13 Å².